The number of hydrogen-bond donors (Lipinski definition) is 1. The first-order chi connectivity index (χ1) is 7.65. The fourth-order valence-electron chi connectivity index (χ4n) is 0.829. The molecule has 1 rings (SSSR count). The van der Waals surface area contributed by atoms with Crippen molar-refractivity contribution in [1.82, 2.24) is 5.32 Å². The van der Waals surface area contributed by atoms with Crippen LogP contribution in [0.4, 0.5) is 0 Å². The highest BCUT2D eigenvalue weighted by atomic mass is 16.1. The predicted octanol–water partition coefficient (Wildman–Crippen LogP) is 0.387. The van der Waals surface area contributed by atoms with Gasteiger partial charge in [0.2, 0.25) is 5.78 Å². The lowest BCUT2D eigenvalue weighted by atomic mass is 10.1. The van der Waals surface area contributed by atoms with Crippen molar-refractivity contribution in [2.24, 2.45) is 0 Å². The highest BCUT2D eigenvalue weighted by Gasteiger charge is 2.11. The Balaban J connectivity index is 0.000000487. The summed E-state index contributed by atoms with van der Waals surface area (Å²) in [7, 11) is 0. The Bertz CT molecular complexity index is 421. The number of carbonyl (C=O) groups excluding carboxylic acids is 2. The maximum Gasteiger partial charge on any atom is 0.201 e. The Hall–Kier alpha value is -2.66. The molecule has 0 aromatic rings. The zero-order chi connectivity index (χ0) is 12.4. The van der Waals surface area contributed by atoms with E-state index in [9.17, 15) is 9.59 Å². The van der Waals surface area contributed by atoms with Crippen LogP contribution in [0.3, 0.4) is 0 Å². The molecule has 80 valence electrons. The second-order valence-electron chi connectivity index (χ2n) is 2.55. The van der Waals surface area contributed by atoms with E-state index in [-0.39, 0.29) is 11.6 Å². The van der Waals surface area contributed by atoms with Crippen LogP contribution in [0.25, 0.3) is 0 Å². The standard InChI is InChI=1S/C9H9NO2.C2N2/c1-2-5-10-8-6-7(11)3-4-9(8)12;3-1-2-4/h2-4,6,10H,1,5H2;. The fraction of sp³-hybridized carbons (Fsp3) is 0.0909. The van der Waals surface area contributed by atoms with E-state index >= 15 is 0 Å². The Morgan fingerprint density at radius 1 is 1.31 bits per heavy atom. The van der Waals surface area contributed by atoms with Crippen molar-refractivity contribution >= 4 is 11.6 Å². The van der Waals surface area contributed by atoms with E-state index in [1.54, 1.807) is 6.08 Å². The molecule has 5 nitrogen and oxygen atoms in total. The lowest BCUT2D eigenvalue weighted by molar-refractivity contribution is -0.114. The minimum atomic E-state index is -0.170. The van der Waals surface area contributed by atoms with Gasteiger partial charge in [0.25, 0.3) is 0 Å². The first kappa shape index (κ1) is 13.3. The summed E-state index contributed by atoms with van der Waals surface area (Å²) in [5.41, 5.74) is 0.336. The number of nitriles is 2. The molecule has 1 N–H and O–H groups in total. The average molecular weight is 215 g/mol. The molecule has 0 aromatic carbocycles. The fourth-order valence-corrected chi connectivity index (χ4v) is 0.829. The van der Waals surface area contributed by atoms with Gasteiger partial charge in [-0.3, -0.25) is 9.59 Å². The number of nitrogens with one attached hydrogen (secondary N) is 1. The van der Waals surface area contributed by atoms with Gasteiger partial charge in [-0.1, -0.05) is 6.08 Å². The first-order valence-corrected chi connectivity index (χ1v) is 4.26. The molecular formula is C11H9N3O2. The third-order valence-corrected chi connectivity index (χ3v) is 1.44. The van der Waals surface area contributed by atoms with Crippen LogP contribution in [0.5, 0.6) is 0 Å². The molecule has 0 fully saturated rings. The lowest BCUT2D eigenvalue weighted by Crippen LogP contribution is -2.22. The summed E-state index contributed by atoms with van der Waals surface area (Å²) in [4.78, 5) is 21.8. The number of carbonyl (C=O) groups is 2. The molecule has 0 bridgehead atoms. The Morgan fingerprint density at radius 2 is 1.94 bits per heavy atom. The predicted molar refractivity (Wildman–Crippen MR) is 56.7 cm³/mol. The van der Waals surface area contributed by atoms with Crippen molar-refractivity contribution in [3.05, 3.63) is 36.6 Å². The number of nitrogens with zero attached hydrogens (tertiary/aromatic N) is 2. The molecule has 0 amide bonds. The minimum absolute atomic E-state index is 0.166. The Labute approximate surface area is 93.0 Å². The quantitative estimate of drug-likeness (QED) is 0.542. The summed E-state index contributed by atoms with van der Waals surface area (Å²) in [6.07, 6.45) is 5.41. The maximum atomic E-state index is 11.0. The summed E-state index contributed by atoms with van der Waals surface area (Å²) in [5.74, 6) is -0.336. The molecule has 0 atom stereocenters. The maximum absolute atomic E-state index is 11.0. The van der Waals surface area contributed by atoms with Gasteiger partial charge in [-0.05, 0) is 12.2 Å². The summed E-state index contributed by atoms with van der Waals surface area (Å²) in [6, 6.07) is 2.47. The molecule has 5 heteroatoms. The van der Waals surface area contributed by atoms with E-state index in [0.29, 0.717) is 12.2 Å². The molecule has 0 aliphatic heterocycles. The topological polar surface area (TPSA) is 93.8 Å². The third kappa shape index (κ3) is 5.15. The monoisotopic (exact) mass is 215 g/mol. The Kier molecular flexibility index (Phi) is 6.43. The highest BCUT2D eigenvalue weighted by molar-refractivity contribution is 6.16. The van der Waals surface area contributed by atoms with Gasteiger partial charge in [0.15, 0.2) is 17.9 Å². The van der Waals surface area contributed by atoms with Crippen molar-refractivity contribution in [3.63, 3.8) is 0 Å². The van der Waals surface area contributed by atoms with Crippen LogP contribution in [0, 0.1) is 22.7 Å². The van der Waals surface area contributed by atoms with Crippen molar-refractivity contribution in [3.8, 4) is 12.1 Å². The molecule has 1 aliphatic rings. The average Bonchev–Trinajstić information content (AvgIpc) is 2.30. The van der Waals surface area contributed by atoms with Crippen LogP contribution in [0.1, 0.15) is 0 Å². The van der Waals surface area contributed by atoms with E-state index in [2.05, 4.69) is 11.9 Å². The van der Waals surface area contributed by atoms with Crippen LogP contribution < -0.4 is 5.32 Å². The minimum Gasteiger partial charge on any atom is -0.378 e. The molecule has 0 saturated carbocycles. The highest BCUT2D eigenvalue weighted by Crippen LogP contribution is 2.00. The second kappa shape index (κ2) is 7.72. The first-order valence-electron chi connectivity index (χ1n) is 4.26. The van der Waals surface area contributed by atoms with Crippen LogP contribution in [0.15, 0.2) is 36.6 Å². The van der Waals surface area contributed by atoms with Gasteiger partial charge < -0.3 is 5.32 Å². The van der Waals surface area contributed by atoms with E-state index in [4.69, 9.17) is 10.5 Å². The zero-order valence-electron chi connectivity index (χ0n) is 8.43. The second-order valence-corrected chi connectivity index (χ2v) is 2.55. The molecule has 0 aromatic heterocycles. The largest absolute Gasteiger partial charge is 0.378 e. The normalized spacial score (nSPS) is 12.5. The number of hydrogen-bond acceptors (Lipinski definition) is 5. The van der Waals surface area contributed by atoms with Crippen molar-refractivity contribution in [2.75, 3.05) is 6.54 Å². The van der Waals surface area contributed by atoms with Crippen molar-refractivity contribution < 1.29 is 9.59 Å². The lowest BCUT2D eigenvalue weighted by Gasteiger charge is -2.06. The van der Waals surface area contributed by atoms with Crippen molar-refractivity contribution in [1.29, 1.82) is 10.5 Å². The van der Waals surface area contributed by atoms with Crippen LogP contribution in [-0.4, -0.2) is 18.1 Å². The van der Waals surface area contributed by atoms with E-state index in [1.165, 1.54) is 30.4 Å². The molecule has 0 radical (unpaired) electrons. The summed E-state index contributed by atoms with van der Waals surface area (Å²) in [6.45, 7) is 3.97. The van der Waals surface area contributed by atoms with E-state index in [0.717, 1.165) is 0 Å². The molecule has 0 unspecified atom stereocenters. The SMILES string of the molecule is C=CCNC1=CC(=O)C=CC1=O.N#CC#N. The van der Waals surface area contributed by atoms with Gasteiger partial charge in [-0.2, -0.15) is 10.5 Å². The van der Waals surface area contributed by atoms with Gasteiger partial charge in [-0.15, -0.1) is 6.58 Å². The summed E-state index contributed by atoms with van der Waals surface area (Å²) < 4.78 is 0. The van der Waals surface area contributed by atoms with E-state index < -0.39 is 0 Å². The van der Waals surface area contributed by atoms with Gasteiger partial charge in [0.1, 0.15) is 0 Å². The molecule has 1 aliphatic carbocycles. The number of allylic oxidation sites excluding steroid dienone is 3. The molecule has 0 spiro atoms. The molecule has 0 heterocycles. The zero-order valence-corrected chi connectivity index (χ0v) is 8.43. The van der Waals surface area contributed by atoms with Crippen LogP contribution in [-0.2, 0) is 9.59 Å². The van der Waals surface area contributed by atoms with Gasteiger partial charge in [-0.25, -0.2) is 0 Å². The summed E-state index contributed by atoms with van der Waals surface area (Å²) in [5, 5.41) is 17.3. The van der Waals surface area contributed by atoms with Crippen LogP contribution in [0.2, 0.25) is 0 Å². The third-order valence-electron chi connectivity index (χ3n) is 1.44. The molecular weight excluding hydrogens is 206 g/mol. The van der Waals surface area contributed by atoms with Gasteiger partial charge in [0, 0.05) is 12.6 Å². The van der Waals surface area contributed by atoms with Crippen molar-refractivity contribution in [2.45, 2.75) is 0 Å². The number of ketones is 2. The smallest absolute Gasteiger partial charge is 0.201 e. The Morgan fingerprint density at radius 3 is 2.44 bits per heavy atom. The van der Waals surface area contributed by atoms with Gasteiger partial charge in [0.05, 0.1) is 5.70 Å². The number of rotatable bonds is 3. The molecule has 16 heavy (non-hydrogen) atoms. The van der Waals surface area contributed by atoms with Gasteiger partial charge >= 0.3 is 0 Å². The van der Waals surface area contributed by atoms with Crippen LogP contribution >= 0.6 is 0 Å². The molecule has 0 saturated heterocycles. The summed E-state index contributed by atoms with van der Waals surface area (Å²) >= 11 is 0. The van der Waals surface area contributed by atoms with E-state index in [1.807, 2.05) is 0 Å².